The Hall–Kier alpha value is -2.61. The van der Waals surface area contributed by atoms with Crippen LogP contribution in [0.15, 0.2) is 24.3 Å². The Bertz CT molecular complexity index is 691. The summed E-state index contributed by atoms with van der Waals surface area (Å²) in [5.74, 6) is -0.468. The molecule has 1 heterocycles. The third-order valence-electron chi connectivity index (χ3n) is 4.76. The Morgan fingerprint density at radius 1 is 1.10 bits per heavy atom. The van der Waals surface area contributed by atoms with Crippen molar-refractivity contribution in [2.75, 3.05) is 39.5 Å². The maximum atomic E-state index is 13.0. The molecule has 0 spiro atoms. The molecular formula is C22H32N2O6. The molecule has 1 aliphatic heterocycles. The fourth-order valence-electron chi connectivity index (χ4n) is 3.14. The van der Waals surface area contributed by atoms with Crippen molar-refractivity contribution in [3.8, 4) is 5.75 Å². The highest BCUT2D eigenvalue weighted by molar-refractivity contribution is 5.99. The van der Waals surface area contributed by atoms with Gasteiger partial charge in [0.25, 0.3) is 5.91 Å². The molecule has 1 aromatic rings. The van der Waals surface area contributed by atoms with E-state index in [1.807, 2.05) is 6.92 Å². The fraction of sp³-hybridized carbons (Fsp3) is 0.591. The number of piperazine rings is 1. The molecule has 1 N–H and O–H groups in total. The number of unbranched alkanes of at least 4 members (excludes halogenated alkanes) is 2. The Kier molecular flexibility index (Phi) is 10.1. The van der Waals surface area contributed by atoms with Crippen molar-refractivity contribution in [1.29, 1.82) is 0 Å². The third-order valence-corrected chi connectivity index (χ3v) is 4.76. The molecule has 1 aromatic carbocycles. The van der Waals surface area contributed by atoms with Crippen LogP contribution in [0.4, 0.5) is 0 Å². The van der Waals surface area contributed by atoms with Crippen molar-refractivity contribution < 1.29 is 28.6 Å². The minimum atomic E-state index is -0.868. The average molecular weight is 421 g/mol. The van der Waals surface area contributed by atoms with Crippen molar-refractivity contribution in [3.63, 3.8) is 0 Å². The molecule has 1 atom stereocenters. The van der Waals surface area contributed by atoms with Crippen LogP contribution in [0.2, 0.25) is 0 Å². The number of carbonyl (C=O) groups excluding carboxylic acids is 3. The molecule has 0 bridgehead atoms. The number of hydrogen-bond acceptors (Lipinski definition) is 6. The maximum Gasteiger partial charge on any atom is 0.308 e. The van der Waals surface area contributed by atoms with E-state index >= 15 is 0 Å². The van der Waals surface area contributed by atoms with E-state index in [1.165, 1.54) is 4.90 Å². The van der Waals surface area contributed by atoms with Crippen LogP contribution in [0.25, 0.3) is 0 Å². The average Bonchev–Trinajstić information content (AvgIpc) is 2.76. The summed E-state index contributed by atoms with van der Waals surface area (Å²) < 4.78 is 16.0. The van der Waals surface area contributed by atoms with Gasteiger partial charge in [-0.05, 0) is 37.6 Å². The van der Waals surface area contributed by atoms with Crippen molar-refractivity contribution >= 4 is 17.8 Å². The van der Waals surface area contributed by atoms with E-state index in [0.29, 0.717) is 50.8 Å². The molecule has 2 rings (SSSR count). The van der Waals surface area contributed by atoms with Gasteiger partial charge in [0.2, 0.25) is 5.91 Å². The molecule has 8 nitrogen and oxygen atoms in total. The van der Waals surface area contributed by atoms with Crippen LogP contribution in [0.1, 0.15) is 49.9 Å². The molecule has 0 aliphatic carbocycles. The minimum absolute atomic E-state index is 0.150. The molecule has 166 valence electrons. The molecule has 8 heteroatoms. The van der Waals surface area contributed by atoms with Crippen LogP contribution in [0, 0.1) is 0 Å². The molecule has 0 aromatic heterocycles. The van der Waals surface area contributed by atoms with E-state index in [0.717, 1.165) is 19.3 Å². The predicted molar refractivity (Wildman–Crippen MR) is 111 cm³/mol. The molecule has 1 fully saturated rings. The van der Waals surface area contributed by atoms with Gasteiger partial charge in [0.05, 0.1) is 19.6 Å². The zero-order valence-electron chi connectivity index (χ0n) is 17.9. The second-order valence-electron chi connectivity index (χ2n) is 7.01. The minimum Gasteiger partial charge on any atom is -0.491 e. The number of hydrogen-bond donors (Lipinski definition) is 1. The molecule has 0 radical (unpaired) electrons. The zero-order valence-corrected chi connectivity index (χ0v) is 17.9. The van der Waals surface area contributed by atoms with Gasteiger partial charge in [0.1, 0.15) is 18.4 Å². The maximum absolute atomic E-state index is 13.0. The number of rotatable bonds is 12. The summed E-state index contributed by atoms with van der Waals surface area (Å²) in [5, 5.41) is 2.72. The van der Waals surface area contributed by atoms with Gasteiger partial charge in [0.15, 0.2) is 0 Å². The van der Waals surface area contributed by atoms with Crippen LogP contribution in [0.3, 0.4) is 0 Å². The lowest BCUT2D eigenvalue weighted by atomic mass is 10.1. The molecular weight excluding hydrogens is 388 g/mol. The molecule has 1 aliphatic rings. The van der Waals surface area contributed by atoms with Crippen molar-refractivity contribution in [3.05, 3.63) is 29.8 Å². The van der Waals surface area contributed by atoms with Crippen molar-refractivity contribution in [1.82, 2.24) is 10.2 Å². The van der Waals surface area contributed by atoms with Crippen LogP contribution in [-0.4, -0.2) is 68.2 Å². The lowest BCUT2D eigenvalue weighted by molar-refractivity contribution is -0.147. The number of amides is 2. The molecule has 2 amide bonds. The standard InChI is InChI=1S/C22H32N2O6/c1-3-5-6-13-30-20(25)16-19-21(26)23-11-12-24(19)22(27)17-7-9-18(10-8-17)29-15-14-28-4-2/h7-10,19H,3-6,11-16H2,1-2H3,(H,23,26). The van der Waals surface area contributed by atoms with Gasteiger partial charge in [0, 0.05) is 25.3 Å². The Labute approximate surface area is 177 Å². The first-order valence-corrected chi connectivity index (χ1v) is 10.6. The smallest absolute Gasteiger partial charge is 0.308 e. The number of nitrogens with one attached hydrogen (secondary N) is 1. The number of ether oxygens (including phenoxy) is 3. The summed E-state index contributed by atoms with van der Waals surface area (Å²) in [6.07, 6.45) is 2.65. The summed E-state index contributed by atoms with van der Waals surface area (Å²) in [7, 11) is 0. The number of benzene rings is 1. The highest BCUT2D eigenvalue weighted by Crippen LogP contribution is 2.18. The van der Waals surface area contributed by atoms with E-state index in [-0.39, 0.29) is 18.2 Å². The Morgan fingerprint density at radius 2 is 1.87 bits per heavy atom. The Morgan fingerprint density at radius 3 is 2.57 bits per heavy atom. The summed E-state index contributed by atoms with van der Waals surface area (Å²) in [4.78, 5) is 38.9. The Balaban J connectivity index is 1.95. The molecule has 1 unspecified atom stereocenters. The second kappa shape index (κ2) is 12.8. The number of nitrogens with zero attached hydrogens (tertiary/aromatic N) is 1. The molecule has 1 saturated heterocycles. The largest absolute Gasteiger partial charge is 0.491 e. The van der Waals surface area contributed by atoms with Crippen LogP contribution in [0.5, 0.6) is 5.75 Å². The number of carbonyl (C=O) groups is 3. The SMILES string of the molecule is CCCCCOC(=O)CC1C(=O)NCCN1C(=O)c1ccc(OCCOCC)cc1. The van der Waals surface area contributed by atoms with Gasteiger partial charge in [-0.3, -0.25) is 14.4 Å². The summed E-state index contributed by atoms with van der Waals surface area (Å²) in [6.45, 7) is 6.56. The van der Waals surface area contributed by atoms with Crippen LogP contribution >= 0.6 is 0 Å². The van der Waals surface area contributed by atoms with Crippen molar-refractivity contribution in [2.45, 2.75) is 45.6 Å². The van der Waals surface area contributed by atoms with Gasteiger partial charge < -0.3 is 24.4 Å². The van der Waals surface area contributed by atoms with Crippen LogP contribution in [-0.2, 0) is 19.1 Å². The first-order chi connectivity index (χ1) is 14.6. The van der Waals surface area contributed by atoms with Crippen molar-refractivity contribution in [2.24, 2.45) is 0 Å². The van der Waals surface area contributed by atoms with Crippen LogP contribution < -0.4 is 10.1 Å². The first-order valence-electron chi connectivity index (χ1n) is 10.6. The van der Waals surface area contributed by atoms with Gasteiger partial charge >= 0.3 is 5.97 Å². The van der Waals surface area contributed by atoms with E-state index in [9.17, 15) is 14.4 Å². The molecule has 30 heavy (non-hydrogen) atoms. The zero-order chi connectivity index (χ0) is 21.8. The van der Waals surface area contributed by atoms with E-state index in [1.54, 1.807) is 24.3 Å². The number of esters is 1. The summed E-state index contributed by atoms with van der Waals surface area (Å²) in [6, 6.07) is 5.86. The fourth-order valence-corrected chi connectivity index (χ4v) is 3.14. The van der Waals surface area contributed by atoms with Gasteiger partial charge in [-0.1, -0.05) is 19.8 Å². The predicted octanol–water partition coefficient (Wildman–Crippen LogP) is 2.17. The van der Waals surface area contributed by atoms with E-state index in [2.05, 4.69) is 12.2 Å². The first kappa shape index (κ1) is 23.7. The lowest BCUT2D eigenvalue weighted by Crippen LogP contribution is -2.57. The second-order valence-corrected chi connectivity index (χ2v) is 7.01. The summed E-state index contributed by atoms with van der Waals surface area (Å²) >= 11 is 0. The monoisotopic (exact) mass is 420 g/mol. The van der Waals surface area contributed by atoms with Gasteiger partial charge in [-0.15, -0.1) is 0 Å². The van der Waals surface area contributed by atoms with Gasteiger partial charge in [-0.2, -0.15) is 0 Å². The topological polar surface area (TPSA) is 94.2 Å². The third kappa shape index (κ3) is 7.33. The normalized spacial score (nSPS) is 16.1. The van der Waals surface area contributed by atoms with Gasteiger partial charge in [-0.25, -0.2) is 0 Å². The summed E-state index contributed by atoms with van der Waals surface area (Å²) in [5.41, 5.74) is 0.433. The quantitative estimate of drug-likeness (QED) is 0.411. The molecule has 0 saturated carbocycles. The van der Waals surface area contributed by atoms with E-state index in [4.69, 9.17) is 14.2 Å². The van der Waals surface area contributed by atoms with E-state index < -0.39 is 12.0 Å². The lowest BCUT2D eigenvalue weighted by Gasteiger charge is -2.34. The highest BCUT2D eigenvalue weighted by atomic mass is 16.5. The highest BCUT2D eigenvalue weighted by Gasteiger charge is 2.35.